The van der Waals surface area contributed by atoms with Gasteiger partial charge in [-0.1, -0.05) is 0 Å². The van der Waals surface area contributed by atoms with E-state index in [-0.39, 0.29) is 0 Å². The van der Waals surface area contributed by atoms with E-state index in [1.165, 1.54) is 0 Å². The van der Waals surface area contributed by atoms with Gasteiger partial charge < -0.3 is 9.88 Å². The quantitative estimate of drug-likeness (QED) is 0.859. The van der Waals surface area contributed by atoms with Crippen LogP contribution in [0.2, 0.25) is 0 Å². The number of nitrogens with one attached hydrogen (secondary N) is 1. The van der Waals surface area contributed by atoms with Gasteiger partial charge in [-0.3, -0.25) is 4.68 Å². The van der Waals surface area contributed by atoms with Gasteiger partial charge in [0.05, 0.1) is 11.9 Å². The molecule has 2 aromatic rings. The van der Waals surface area contributed by atoms with Crippen LogP contribution in [0.1, 0.15) is 26.8 Å². The highest BCUT2D eigenvalue weighted by molar-refractivity contribution is 5.50. The molecular formula is C11H17N5. The van der Waals surface area contributed by atoms with E-state index in [1.54, 1.807) is 6.20 Å². The average Bonchev–Trinajstić information content (AvgIpc) is 2.87. The number of nitrogens with zero attached hydrogens (tertiary/aromatic N) is 4. The standard InChI is InChI=1S/C11H17N5/c1-4-15-8-10(7-13-15)14-11-12-5-6-16(11)9(2)3/h5-9H,4H2,1-3H3,(H,12,14). The molecule has 0 radical (unpaired) electrons. The fraction of sp³-hybridized carbons (Fsp3) is 0.455. The minimum Gasteiger partial charge on any atom is -0.323 e. The second-order valence-corrected chi connectivity index (χ2v) is 3.96. The molecule has 0 bridgehead atoms. The Kier molecular flexibility index (Phi) is 2.94. The Balaban J connectivity index is 2.17. The summed E-state index contributed by atoms with van der Waals surface area (Å²) < 4.78 is 3.97. The highest BCUT2D eigenvalue weighted by Crippen LogP contribution is 2.17. The van der Waals surface area contributed by atoms with Crippen LogP contribution < -0.4 is 5.32 Å². The molecule has 0 saturated carbocycles. The molecule has 0 aliphatic carbocycles. The molecule has 0 saturated heterocycles. The minimum absolute atomic E-state index is 0.395. The number of rotatable bonds is 4. The van der Waals surface area contributed by atoms with Crippen LogP contribution in [-0.2, 0) is 6.54 Å². The molecule has 2 aromatic heterocycles. The van der Waals surface area contributed by atoms with Crippen LogP contribution in [0.15, 0.2) is 24.8 Å². The summed E-state index contributed by atoms with van der Waals surface area (Å²) >= 11 is 0. The van der Waals surface area contributed by atoms with Gasteiger partial charge in [-0.25, -0.2) is 4.98 Å². The molecule has 86 valence electrons. The summed E-state index contributed by atoms with van der Waals surface area (Å²) in [6.07, 6.45) is 7.55. The maximum atomic E-state index is 4.28. The van der Waals surface area contributed by atoms with Crippen LogP contribution in [0, 0.1) is 0 Å². The molecule has 0 aliphatic rings. The third-order valence-corrected chi connectivity index (χ3v) is 2.44. The fourth-order valence-corrected chi connectivity index (χ4v) is 1.56. The molecule has 0 atom stereocenters. The zero-order valence-corrected chi connectivity index (χ0v) is 9.88. The van der Waals surface area contributed by atoms with Gasteiger partial charge in [-0.05, 0) is 20.8 Å². The molecule has 5 heteroatoms. The van der Waals surface area contributed by atoms with E-state index in [2.05, 4.69) is 40.7 Å². The molecule has 1 N–H and O–H groups in total. The van der Waals surface area contributed by atoms with Crippen LogP contribution in [0.5, 0.6) is 0 Å². The molecule has 0 aromatic carbocycles. The number of hydrogen-bond acceptors (Lipinski definition) is 3. The molecule has 16 heavy (non-hydrogen) atoms. The Hall–Kier alpha value is -1.78. The Labute approximate surface area is 95.1 Å². The summed E-state index contributed by atoms with van der Waals surface area (Å²) in [5.74, 6) is 0.852. The van der Waals surface area contributed by atoms with Gasteiger partial charge in [0.2, 0.25) is 5.95 Å². The van der Waals surface area contributed by atoms with Gasteiger partial charge in [0, 0.05) is 31.2 Å². The Morgan fingerprint density at radius 3 is 2.88 bits per heavy atom. The monoisotopic (exact) mass is 219 g/mol. The average molecular weight is 219 g/mol. The zero-order chi connectivity index (χ0) is 11.5. The molecule has 0 aliphatic heterocycles. The van der Waals surface area contributed by atoms with Gasteiger partial charge in [-0.2, -0.15) is 5.10 Å². The van der Waals surface area contributed by atoms with Gasteiger partial charge in [0.25, 0.3) is 0 Å². The van der Waals surface area contributed by atoms with Crippen LogP contribution >= 0.6 is 0 Å². The van der Waals surface area contributed by atoms with Crippen molar-refractivity contribution in [3.63, 3.8) is 0 Å². The molecule has 2 heterocycles. The van der Waals surface area contributed by atoms with Crippen molar-refractivity contribution in [2.75, 3.05) is 5.32 Å². The second-order valence-electron chi connectivity index (χ2n) is 3.96. The Bertz CT molecular complexity index is 454. The molecule has 2 rings (SSSR count). The van der Waals surface area contributed by atoms with E-state index in [0.29, 0.717) is 6.04 Å². The van der Waals surface area contributed by atoms with Crippen molar-refractivity contribution >= 4 is 11.6 Å². The van der Waals surface area contributed by atoms with E-state index in [9.17, 15) is 0 Å². The first-order valence-electron chi connectivity index (χ1n) is 5.53. The summed E-state index contributed by atoms with van der Waals surface area (Å²) in [6.45, 7) is 7.19. The lowest BCUT2D eigenvalue weighted by Gasteiger charge is -2.11. The van der Waals surface area contributed by atoms with Crippen molar-refractivity contribution in [2.24, 2.45) is 0 Å². The molecule has 0 unspecified atom stereocenters. The molecule has 5 nitrogen and oxygen atoms in total. The number of aryl methyl sites for hydroxylation is 1. The van der Waals surface area contributed by atoms with Gasteiger partial charge in [0.1, 0.15) is 0 Å². The lowest BCUT2D eigenvalue weighted by molar-refractivity contribution is 0.608. The zero-order valence-electron chi connectivity index (χ0n) is 9.88. The highest BCUT2D eigenvalue weighted by atomic mass is 15.3. The fourth-order valence-electron chi connectivity index (χ4n) is 1.56. The summed E-state index contributed by atoms with van der Waals surface area (Å²) in [6, 6.07) is 0.395. The van der Waals surface area contributed by atoms with Gasteiger partial charge >= 0.3 is 0 Å². The van der Waals surface area contributed by atoms with Gasteiger partial charge in [-0.15, -0.1) is 0 Å². The first kappa shape index (κ1) is 10.7. The SMILES string of the molecule is CCn1cc(Nc2nccn2C(C)C)cn1. The summed E-state index contributed by atoms with van der Waals surface area (Å²) in [7, 11) is 0. The van der Waals surface area contributed by atoms with Crippen molar-refractivity contribution in [2.45, 2.75) is 33.4 Å². The van der Waals surface area contributed by atoms with Crippen LogP contribution in [0.3, 0.4) is 0 Å². The number of imidazole rings is 1. The van der Waals surface area contributed by atoms with Crippen LogP contribution in [-0.4, -0.2) is 19.3 Å². The first-order valence-corrected chi connectivity index (χ1v) is 5.53. The number of hydrogen-bond donors (Lipinski definition) is 1. The predicted molar refractivity (Wildman–Crippen MR) is 63.8 cm³/mol. The maximum Gasteiger partial charge on any atom is 0.207 e. The molecule has 0 fully saturated rings. The van der Waals surface area contributed by atoms with E-state index >= 15 is 0 Å². The van der Waals surface area contributed by atoms with E-state index < -0.39 is 0 Å². The second kappa shape index (κ2) is 4.38. The van der Waals surface area contributed by atoms with Crippen molar-refractivity contribution in [3.8, 4) is 0 Å². The first-order chi connectivity index (χ1) is 7.70. The van der Waals surface area contributed by atoms with Crippen molar-refractivity contribution in [1.29, 1.82) is 0 Å². The van der Waals surface area contributed by atoms with E-state index in [0.717, 1.165) is 18.2 Å². The number of aromatic nitrogens is 4. The summed E-state index contributed by atoms with van der Waals surface area (Å²) in [4.78, 5) is 4.28. The lowest BCUT2D eigenvalue weighted by Crippen LogP contribution is -2.04. The number of anilines is 2. The van der Waals surface area contributed by atoms with Gasteiger partial charge in [0.15, 0.2) is 0 Å². The summed E-state index contributed by atoms with van der Waals surface area (Å²) in [5.41, 5.74) is 0.968. The molecule has 0 amide bonds. The normalized spacial score (nSPS) is 11.0. The maximum absolute atomic E-state index is 4.28. The topological polar surface area (TPSA) is 47.7 Å². The largest absolute Gasteiger partial charge is 0.323 e. The summed E-state index contributed by atoms with van der Waals surface area (Å²) in [5, 5.41) is 7.46. The van der Waals surface area contributed by atoms with E-state index in [4.69, 9.17) is 0 Å². The van der Waals surface area contributed by atoms with Crippen LogP contribution in [0.4, 0.5) is 11.6 Å². The molecule has 0 spiro atoms. The highest BCUT2D eigenvalue weighted by Gasteiger charge is 2.06. The van der Waals surface area contributed by atoms with Crippen molar-refractivity contribution in [1.82, 2.24) is 19.3 Å². The Morgan fingerprint density at radius 1 is 1.44 bits per heavy atom. The molecular weight excluding hydrogens is 202 g/mol. The third-order valence-electron chi connectivity index (χ3n) is 2.44. The predicted octanol–water partition coefficient (Wildman–Crippen LogP) is 2.42. The van der Waals surface area contributed by atoms with E-state index in [1.807, 2.05) is 23.3 Å². The van der Waals surface area contributed by atoms with Crippen molar-refractivity contribution < 1.29 is 0 Å². The lowest BCUT2D eigenvalue weighted by atomic mass is 10.4. The third kappa shape index (κ3) is 2.08. The smallest absolute Gasteiger partial charge is 0.207 e. The van der Waals surface area contributed by atoms with Crippen LogP contribution in [0.25, 0.3) is 0 Å². The Morgan fingerprint density at radius 2 is 2.25 bits per heavy atom. The van der Waals surface area contributed by atoms with Crippen molar-refractivity contribution in [3.05, 3.63) is 24.8 Å². The minimum atomic E-state index is 0.395.